The fourth-order valence-electron chi connectivity index (χ4n) is 6.89. The highest BCUT2D eigenvalue weighted by molar-refractivity contribution is 7.89. The first-order valence-electron chi connectivity index (χ1n) is 16.7. The Hall–Kier alpha value is -3.64. The Balaban J connectivity index is 1.49. The SMILES string of the molecule is CC[C@H](C(=O)NC)[C@H]1C[C@H](c2ccc(OC)cc2)[C@@H](OCc2ccc3c(c2)N(CCCOC)CCO3)CN1S(=O)(=O)c1ccc(C)cc1. The number of fused-ring (bicyclic) bond motifs is 1. The average molecular weight is 680 g/mol. The van der Waals surface area contributed by atoms with Crippen LogP contribution in [0.5, 0.6) is 11.5 Å². The van der Waals surface area contributed by atoms with E-state index < -0.39 is 28.1 Å². The Morgan fingerprint density at radius 2 is 1.81 bits per heavy atom. The van der Waals surface area contributed by atoms with E-state index in [1.807, 2.05) is 50.2 Å². The Kier molecular flexibility index (Phi) is 12.0. The number of ether oxygens (including phenoxy) is 4. The first-order chi connectivity index (χ1) is 23.2. The molecule has 0 spiro atoms. The van der Waals surface area contributed by atoms with Crippen LogP contribution >= 0.6 is 0 Å². The Bertz CT molecular complexity index is 1610. The van der Waals surface area contributed by atoms with Gasteiger partial charge in [0.05, 0.1) is 42.9 Å². The molecule has 3 aromatic rings. The highest BCUT2D eigenvalue weighted by atomic mass is 32.2. The highest BCUT2D eigenvalue weighted by Crippen LogP contribution is 2.41. The molecule has 0 aliphatic carbocycles. The number of aryl methyl sites for hydroxylation is 1. The molecule has 10 nitrogen and oxygen atoms in total. The van der Waals surface area contributed by atoms with Gasteiger partial charge in [-0.15, -0.1) is 0 Å². The summed E-state index contributed by atoms with van der Waals surface area (Å²) in [5.41, 5.74) is 3.97. The molecule has 0 saturated carbocycles. The van der Waals surface area contributed by atoms with Crippen LogP contribution in [0.4, 0.5) is 5.69 Å². The number of hydrogen-bond donors (Lipinski definition) is 1. The topological polar surface area (TPSA) is 107 Å². The van der Waals surface area contributed by atoms with Crippen LogP contribution < -0.4 is 19.7 Å². The van der Waals surface area contributed by atoms with Crippen LogP contribution in [0.1, 0.15) is 48.8 Å². The van der Waals surface area contributed by atoms with E-state index in [-0.39, 0.29) is 29.9 Å². The Labute approximate surface area is 285 Å². The van der Waals surface area contributed by atoms with Gasteiger partial charge in [0.25, 0.3) is 0 Å². The molecule has 0 unspecified atom stereocenters. The van der Waals surface area contributed by atoms with Gasteiger partial charge in [-0.25, -0.2) is 8.42 Å². The molecule has 5 rings (SSSR count). The molecule has 48 heavy (non-hydrogen) atoms. The number of benzene rings is 3. The number of anilines is 1. The van der Waals surface area contributed by atoms with Gasteiger partial charge in [-0.3, -0.25) is 4.79 Å². The van der Waals surface area contributed by atoms with Gasteiger partial charge in [-0.05, 0) is 73.7 Å². The van der Waals surface area contributed by atoms with Crippen molar-refractivity contribution >= 4 is 21.6 Å². The fraction of sp³-hybridized carbons (Fsp3) is 0.486. The number of piperidine rings is 1. The summed E-state index contributed by atoms with van der Waals surface area (Å²) >= 11 is 0. The van der Waals surface area contributed by atoms with Crippen LogP contribution in [0.2, 0.25) is 0 Å². The number of carbonyl (C=O) groups is 1. The van der Waals surface area contributed by atoms with Crippen molar-refractivity contribution in [3.8, 4) is 11.5 Å². The third-order valence-electron chi connectivity index (χ3n) is 9.56. The van der Waals surface area contributed by atoms with E-state index in [1.54, 1.807) is 45.5 Å². The minimum absolute atomic E-state index is 0.0995. The summed E-state index contributed by atoms with van der Waals surface area (Å²) < 4.78 is 53.7. The van der Waals surface area contributed by atoms with Gasteiger partial charge in [0, 0.05) is 45.8 Å². The molecular weight excluding hydrogens is 630 g/mol. The normalized spacial score (nSPS) is 20.4. The van der Waals surface area contributed by atoms with Gasteiger partial charge in [-0.2, -0.15) is 4.31 Å². The standard InChI is InChI=1S/C37H49N3O7S/c1-6-31(37(41)38-3)33-23-32(28-11-13-29(45-5)14-12-28)36(24-40(33)48(42,43)30-15-8-26(2)9-16-30)47-25-27-10-17-35-34(22-27)39(19-21-46-35)18-7-20-44-4/h8-17,22,31-33,36H,6-7,18-21,23-25H2,1-5H3,(H,38,41)/t31-,32+,33+,36-/m0/s1. The maximum Gasteiger partial charge on any atom is 0.243 e. The molecule has 0 radical (unpaired) electrons. The lowest BCUT2D eigenvalue weighted by atomic mass is 9.79. The van der Waals surface area contributed by atoms with Crippen molar-refractivity contribution in [3.05, 3.63) is 83.4 Å². The van der Waals surface area contributed by atoms with Gasteiger partial charge in [0.15, 0.2) is 0 Å². The third kappa shape index (κ3) is 7.97. The molecular formula is C37H49N3O7S. The van der Waals surface area contributed by atoms with Crippen molar-refractivity contribution in [3.63, 3.8) is 0 Å². The zero-order chi connectivity index (χ0) is 34.3. The van der Waals surface area contributed by atoms with Crippen molar-refractivity contribution < 1.29 is 32.2 Å². The lowest BCUT2D eigenvalue weighted by molar-refractivity contribution is -0.127. The van der Waals surface area contributed by atoms with Crippen molar-refractivity contribution in [2.24, 2.45) is 5.92 Å². The second-order valence-corrected chi connectivity index (χ2v) is 14.4. The molecule has 1 N–H and O–H groups in total. The van der Waals surface area contributed by atoms with E-state index in [9.17, 15) is 13.2 Å². The summed E-state index contributed by atoms with van der Waals surface area (Å²) in [5.74, 6) is 0.688. The van der Waals surface area contributed by atoms with Gasteiger partial charge < -0.3 is 29.2 Å². The number of nitrogens with one attached hydrogen (secondary N) is 1. The molecule has 1 amide bonds. The maximum atomic E-state index is 14.4. The number of amides is 1. The minimum atomic E-state index is -3.97. The number of nitrogens with zero attached hydrogens (tertiary/aromatic N) is 2. The molecule has 1 saturated heterocycles. The first-order valence-corrected chi connectivity index (χ1v) is 18.2. The van der Waals surface area contributed by atoms with E-state index >= 15 is 0 Å². The minimum Gasteiger partial charge on any atom is -0.497 e. The lowest BCUT2D eigenvalue weighted by Crippen LogP contribution is -2.56. The Morgan fingerprint density at radius 1 is 1.06 bits per heavy atom. The molecule has 0 bridgehead atoms. The van der Waals surface area contributed by atoms with Gasteiger partial charge in [0.1, 0.15) is 18.1 Å². The zero-order valence-corrected chi connectivity index (χ0v) is 29.5. The predicted octanol–water partition coefficient (Wildman–Crippen LogP) is 5.14. The number of methoxy groups -OCH3 is 2. The molecule has 2 aliphatic heterocycles. The fourth-order valence-corrected chi connectivity index (χ4v) is 8.57. The zero-order valence-electron chi connectivity index (χ0n) is 28.7. The highest BCUT2D eigenvalue weighted by Gasteiger charge is 2.47. The molecule has 3 aromatic carbocycles. The molecule has 0 aromatic heterocycles. The van der Waals surface area contributed by atoms with Crippen LogP contribution in [-0.4, -0.2) is 84.9 Å². The van der Waals surface area contributed by atoms with Crippen molar-refractivity contribution in [2.45, 2.75) is 62.7 Å². The summed E-state index contributed by atoms with van der Waals surface area (Å²) in [6.07, 6.45) is 1.33. The Morgan fingerprint density at radius 3 is 2.48 bits per heavy atom. The quantitative estimate of drug-likeness (QED) is 0.234. The van der Waals surface area contributed by atoms with Gasteiger partial charge in [-0.1, -0.05) is 42.8 Å². The maximum absolute atomic E-state index is 14.4. The average Bonchev–Trinajstić information content (AvgIpc) is 3.11. The van der Waals surface area contributed by atoms with Crippen LogP contribution in [0, 0.1) is 12.8 Å². The number of carbonyl (C=O) groups excluding carboxylic acids is 1. The number of sulfonamides is 1. The smallest absolute Gasteiger partial charge is 0.243 e. The number of hydrogen-bond acceptors (Lipinski definition) is 8. The third-order valence-corrected chi connectivity index (χ3v) is 11.5. The van der Waals surface area contributed by atoms with Crippen molar-refractivity contribution in [1.82, 2.24) is 9.62 Å². The van der Waals surface area contributed by atoms with E-state index in [0.29, 0.717) is 26.1 Å². The molecule has 11 heteroatoms. The van der Waals surface area contributed by atoms with Crippen molar-refractivity contribution in [2.75, 3.05) is 59.0 Å². The summed E-state index contributed by atoms with van der Waals surface area (Å²) in [4.78, 5) is 15.8. The summed E-state index contributed by atoms with van der Waals surface area (Å²) in [5, 5.41) is 2.78. The van der Waals surface area contributed by atoms with Gasteiger partial charge in [0.2, 0.25) is 15.9 Å². The summed E-state index contributed by atoms with van der Waals surface area (Å²) in [7, 11) is 0.971. The summed E-state index contributed by atoms with van der Waals surface area (Å²) in [6, 6.07) is 20.2. The summed E-state index contributed by atoms with van der Waals surface area (Å²) in [6.45, 7) is 7.20. The van der Waals surface area contributed by atoms with Crippen LogP contribution in [0.25, 0.3) is 0 Å². The largest absolute Gasteiger partial charge is 0.497 e. The van der Waals surface area contributed by atoms with Crippen LogP contribution in [0.15, 0.2) is 71.6 Å². The lowest BCUT2D eigenvalue weighted by Gasteiger charge is -2.45. The second kappa shape index (κ2) is 16.2. The monoisotopic (exact) mass is 679 g/mol. The molecule has 2 aliphatic rings. The van der Waals surface area contributed by atoms with Crippen LogP contribution in [-0.2, 0) is 30.9 Å². The molecule has 2 heterocycles. The van der Waals surface area contributed by atoms with Crippen molar-refractivity contribution in [1.29, 1.82) is 0 Å². The van der Waals surface area contributed by atoms with Gasteiger partial charge >= 0.3 is 0 Å². The van der Waals surface area contributed by atoms with Crippen LogP contribution in [0.3, 0.4) is 0 Å². The molecule has 260 valence electrons. The molecule has 1 fully saturated rings. The van der Waals surface area contributed by atoms with E-state index in [2.05, 4.69) is 16.3 Å². The number of rotatable bonds is 14. The second-order valence-electron chi connectivity index (χ2n) is 12.5. The van der Waals surface area contributed by atoms with E-state index in [1.165, 1.54) is 4.31 Å². The first kappa shape index (κ1) is 35.7. The van der Waals surface area contributed by atoms with E-state index in [0.717, 1.165) is 53.4 Å². The molecule has 4 atom stereocenters. The predicted molar refractivity (Wildman–Crippen MR) is 186 cm³/mol. The van der Waals surface area contributed by atoms with E-state index in [4.69, 9.17) is 18.9 Å².